The lowest BCUT2D eigenvalue weighted by Gasteiger charge is -2.07. The summed E-state index contributed by atoms with van der Waals surface area (Å²) >= 11 is 0. The highest BCUT2D eigenvalue weighted by atomic mass is 16.2. The van der Waals surface area contributed by atoms with E-state index in [1.54, 1.807) is 23.0 Å². The van der Waals surface area contributed by atoms with Crippen molar-refractivity contribution >= 4 is 11.7 Å². The van der Waals surface area contributed by atoms with Crippen LogP contribution >= 0.6 is 0 Å². The first-order valence-electron chi connectivity index (χ1n) is 9.33. The van der Waals surface area contributed by atoms with E-state index >= 15 is 0 Å². The van der Waals surface area contributed by atoms with Gasteiger partial charge in [0.15, 0.2) is 0 Å². The lowest BCUT2D eigenvalue weighted by atomic mass is 10.1. The molecule has 0 radical (unpaired) electrons. The molecule has 3 rings (SSSR count). The van der Waals surface area contributed by atoms with Gasteiger partial charge in [0.05, 0.1) is 11.4 Å². The van der Waals surface area contributed by atoms with E-state index in [0.717, 1.165) is 37.1 Å². The van der Waals surface area contributed by atoms with Gasteiger partial charge in [-0.05, 0) is 55.2 Å². The molecule has 0 spiro atoms. The van der Waals surface area contributed by atoms with Crippen LogP contribution in [0, 0.1) is 0 Å². The number of carbonyl (C=O) groups excluding carboxylic acids is 1. The molecule has 0 fully saturated rings. The molecule has 0 aromatic carbocycles. The van der Waals surface area contributed by atoms with Crippen molar-refractivity contribution in [2.45, 2.75) is 39.2 Å². The summed E-state index contributed by atoms with van der Waals surface area (Å²) in [5.41, 5.74) is 2.64. The Morgan fingerprint density at radius 2 is 1.89 bits per heavy atom. The number of hydrogen-bond donors (Lipinski definition) is 1. The summed E-state index contributed by atoms with van der Waals surface area (Å²) < 4.78 is 1.57. The second kappa shape index (κ2) is 9.55. The minimum absolute atomic E-state index is 0.244. The molecule has 0 aliphatic heterocycles. The van der Waals surface area contributed by atoms with Crippen LogP contribution in [0.1, 0.15) is 31.7 Å². The Kier molecular flexibility index (Phi) is 6.62. The molecule has 0 aliphatic carbocycles. The average molecular weight is 377 g/mol. The van der Waals surface area contributed by atoms with Gasteiger partial charge in [0.1, 0.15) is 5.82 Å². The Balaban J connectivity index is 1.46. The van der Waals surface area contributed by atoms with Crippen LogP contribution in [0.2, 0.25) is 0 Å². The van der Waals surface area contributed by atoms with Crippen LogP contribution in [0.4, 0.5) is 5.82 Å². The lowest BCUT2D eigenvalue weighted by molar-refractivity contribution is -0.114. The van der Waals surface area contributed by atoms with Gasteiger partial charge in [0.2, 0.25) is 5.91 Å². The summed E-state index contributed by atoms with van der Waals surface area (Å²) in [6.45, 7) is 2.00. The number of aryl methyl sites for hydroxylation is 2. The Bertz CT molecular complexity index is 985. The van der Waals surface area contributed by atoms with Crippen LogP contribution in [0.15, 0.2) is 59.8 Å². The fourth-order valence-corrected chi connectivity index (χ4v) is 2.92. The topological polar surface area (TPSA) is 89.8 Å². The largest absolute Gasteiger partial charge is 0.349 e. The molecule has 7 nitrogen and oxygen atoms in total. The number of amides is 1. The quantitative estimate of drug-likeness (QED) is 0.609. The monoisotopic (exact) mass is 377 g/mol. The highest BCUT2D eigenvalue weighted by Gasteiger charge is 2.03. The Labute approximate surface area is 163 Å². The second-order valence-electron chi connectivity index (χ2n) is 6.54. The van der Waals surface area contributed by atoms with Gasteiger partial charge in [-0.3, -0.25) is 19.3 Å². The Morgan fingerprint density at radius 1 is 1.04 bits per heavy atom. The third kappa shape index (κ3) is 5.57. The summed E-state index contributed by atoms with van der Waals surface area (Å²) in [6, 6.07) is 11.5. The molecule has 0 bridgehead atoms. The van der Waals surface area contributed by atoms with Gasteiger partial charge in [-0.1, -0.05) is 12.5 Å². The summed E-state index contributed by atoms with van der Waals surface area (Å²) in [5.74, 6) is 0.0436. The number of nitrogens with one attached hydrogen (secondary N) is 1. The maximum atomic E-state index is 12.0. The number of hydrogen-bond acceptors (Lipinski definition) is 5. The molecule has 144 valence electrons. The number of rotatable bonds is 8. The summed E-state index contributed by atoms with van der Waals surface area (Å²) in [4.78, 5) is 35.6. The fourth-order valence-electron chi connectivity index (χ4n) is 2.92. The molecule has 7 heteroatoms. The first kappa shape index (κ1) is 19.4. The van der Waals surface area contributed by atoms with Crippen molar-refractivity contribution in [1.29, 1.82) is 0 Å². The van der Waals surface area contributed by atoms with Crippen molar-refractivity contribution in [3.63, 3.8) is 0 Å². The average Bonchev–Trinajstić information content (AvgIpc) is 2.70. The molecule has 28 heavy (non-hydrogen) atoms. The molecule has 1 amide bonds. The van der Waals surface area contributed by atoms with Gasteiger partial charge < -0.3 is 5.32 Å². The van der Waals surface area contributed by atoms with Crippen molar-refractivity contribution < 1.29 is 4.79 Å². The first-order valence-corrected chi connectivity index (χ1v) is 9.33. The van der Waals surface area contributed by atoms with Crippen LogP contribution < -0.4 is 11.0 Å². The number of aromatic nitrogens is 4. The fraction of sp³-hybridized carbons (Fsp3) is 0.286. The van der Waals surface area contributed by atoms with E-state index < -0.39 is 0 Å². The highest BCUT2D eigenvalue weighted by molar-refractivity contribution is 5.87. The Morgan fingerprint density at radius 3 is 2.64 bits per heavy atom. The minimum atomic E-state index is -0.347. The second-order valence-corrected chi connectivity index (χ2v) is 6.54. The lowest BCUT2D eigenvalue weighted by Crippen LogP contribution is -2.24. The van der Waals surface area contributed by atoms with E-state index in [9.17, 15) is 9.59 Å². The van der Waals surface area contributed by atoms with Gasteiger partial charge in [0.25, 0.3) is 0 Å². The van der Waals surface area contributed by atoms with E-state index in [1.807, 2.05) is 30.5 Å². The minimum Gasteiger partial charge on any atom is -0.311 e. The SMILES string of the molecule is CC(=O)Nc1ccn(CCCCCc2ccnc(-c3ccccn3)c2)c(=O)n1. The summed E-state index contributed by atoms with van der Waals surface area (Å²) in [6.07, 6.45) is 9.13. The predicted molar refractivity (Wildman–Crippen MR) is 108 cm³/mol. The smallest absolute Gasteiger partial charge is 0.311 e. The summed E-state index contributed by atoms with van der Waals surface area (Å²) in [5, 5.41) is 2.51. The van der Waals surface area contributed by atoms with Crippen LogP contribution in [0.3, 0.4) is 0 Å². The van der Waals surface area contributed by atoms with Gasteiger partial charge in [0, 0.05) is 32.1 Å². The van der Waals surface area contributed by atoms with Crippen molar-refractivity contribution in [2.75, 3.05) is 5.32 Å². The van der Waals surface area contributed by atoms with Crippen LogP contribution in [-0.4, -0.2) is 25.4 Å². The maximum absolute atomic E-state index is 12.0. The molecule has 3 aromatic heterocycles. The number of nitrogens with zero attached hydrogens (tertiary/aromatic N) is 4. The molecule has 3 aromatic rings. The molecule has 0 aliphatic rings. The van der Waals surface area contributed by atoms with Gasteiger partial charge in [-0.2, -0.15) is 4.98 Å². The maximum Gasteiger partial charge on any atom is 0.349 e. The standard InChI is InChI=1S/C21H23N5O2/c1-16(27)24-20-10-14-26(21(28)25-20)13-6-2-3-7-17-9-12-23-19(15-17)18-8-4-5-11-22-18/h4-5,8-12,14-15H,2-3,6-7,13H2,1H3,(H,24,25,27,28). The van der Waals surface area contributed by atoms with E-state index in [2.05, 4.69) is 26.3 Å². The van der Waals surface area contributed by atoms with Gasteiger partial charge in [-0.15, -0.1) is 0 Å². The zero-order valence-corrected chi connectivity index (χ0v) is 15.8. The zero-order chi connectivity index (χ0) is 19.8. The molecule has 0 unspecified atom stereocenters. The van der Waals surface area contributed by atoms with Crippen molar-refractivity contribution in [2.24, 2.45) is 0 Å². The molecule has 1 N–H and O–H groups in total. The molecule has 0 saturated heterocycles. The number of unbranched alkanes of at least 4 members (excludes halogenated alkanes) is 2. The molecule has 3 heterocycles. The van der Waals surface area contributed by atoms with Gasteiger partial charge >= 0.3 is 5.69 Å². The van der Waals surface area contributed by atoms with Crippen molar-refractivity contribution in [3.8, 4) is 11.4 Å². The molecule has 0 saturated carbocycles. The van der Waals surface area contributed by atoms with Gasteiger partial charge in [-0.25, -0.2) is 4.79 Å². The summed E-state index contributed by atoms with van der Waals surface area (Å²) in [7, 11) is 0. The number of pyridine rings is 2. The van der Waals surface area contributed by atoms with Crippen molar-refractivity contribution in [1.82, 2.24) is 19.5 Å². The highest BCUT2D eigenvalue weighted by Crippen LogP contribution is 2.16. The molecule has 0 atom stereocenters. The van der Waals surface area contributed by atoms with E-state index in [4.69, 9.17) is 0 Å². The third-order valence-electron chi connectivity index (χ3n) is 4.29. The van der Waals surface area contributed by atoms with Crippen molar-refractivity contribution in [3.05, 3.63) is 71.0 Å². The van der Waals surface area contributed by atoms with Crippen LogP contribution in [0.25, 0.3) is 11.4 Å². The first-order chi connectivity index (χ1) is 13.6. The van der Waals surface area contributed by atoms with E-state index in [0.29, 0.717) is 6.54 Å². The zero-order valence-electron chi connectivity index (χ0n) is 15.8. The number of anilines is 1. The van der Waals surface area contributed by atoms with E-state index in [1.165, 1.54) is 12.5 Å². The van der Waals surface area contributed by atoms with E-state index in [-0.39, 0.29) is 17.4 Å². The number of carbonyl (C=O) groups is 1. The van der Waals surface area contributed by atoms with Crippen LogP contribution in [0.5, 0.6) is 0 Å². The Hall–Kier alpha value is -3.35. The third-order valence-corrected chi connectivity index (χ3v) is 4.29. The normalized spacial score (nSPS) is 10.6. The predicted octanol–water partition coefficient (Wildman–Crippen LogP) is 3.07. The molecular weight excluding hydrogens is 354 g/mol. The van der Waals surface area contributed by atoms with Crippen LogP contribution in [-0.2, 0) is 17.8 Å². The molecular formula is C21H23N5O2.